The van der Waals surface area contributed by atoms with E-state index in [9.17, 15) is 18.0 Å². The van der Waals surface area contributed by atoms with E-state index in [2.05, 4.69) is 4.74 Å². The monoisotopic (exact) mass is 369 g/mol. The van der Waals surface area contributed by atoms with Crippen LogP contribution in [0.5, 0.6) is 17.2 Å². The Balaban J connectivity index is 2.26. The predicted molar refractivity (Wildman–Crippen MR) is 88.5 cm³/mol. The van der Waals surface area contributed by atoms with Gasteiger partial charge >= 0.3 is 6.36 Å². The standard InChI is InChI=1S/C18H18F3NO4/c1-22(11-12-7-4-5-9-14(12)26-18(19,20)21)17(23)13-8-6-10-15(24-2)16(13)25-3/h4-10H,11H2,1-3H3. The fourth-order valence-electron chi connectivity index (χ4n) is 2.45. The molecule has 0 radical (unpaired) electrons. The number of para-hydroxylation sites is 2. The van der Waals surface area contributed by atoms with Crippen LogP contribution in [0.25, 0.3) is 0 Å². The van der Waals surface area contributed by atoms with Gasteiger partial charge in [-0.05, 0) is 18.2 Å². The maximum atomic E-state index is 12.7. The molecule has 26 heavy (non-hydrogen) atoms. The molecule has 2 aromatic carbocycles. The van der Waals surface area contributed by atoms with Crippen molar-refractivity contribution in [2.45, 2.75) is 12.9 Å². The Morgan fingerprint density at radius 3 is 2.27 bits per heavy atom. The van der Waals surface area contributed by atoms with Crippen LogP contribution in [0, 0.1) is 0 Å². The fourth-order valence-corrected chi connectivity index (χ4v) is 2.45. The molecule has 2 aromatic rings. The fraction of sp³-hybridized carbons (Fsp3) is 0.278. The number of carbonyl (C=O) groups excluding carboxylic acids is 1. The molecule has 0 unspecified atom stereocenters. The number of amides is 1. The van der Waals surface area contributed by atoms with E-state index >= 15 is 0 Å². The van der Waals surface area contributed by atoms with E-state index < -0.39 is 12.3 Å². The van der Waals surface area contributed by atoms with Gasteiger partial charge in [-0.3, -0.25) is 4.79 Å². The Labute approximate surface area is 148 Å². The summed E-state index contributed by atoms with van der Waals surface area (Å²) in [6, 6.07) is 10.5. The molecule has 140 valence electrons. The molecule has 2 rings (SSSR count). The third-order valence-electron chi connectivity index (χ3n) is 3.59. The van der Waals surface area contributed by atoms with Crippen molar-refractivity contribution >= 4 is 5.91 Å². The summed E-state index contributed by atoms with van der Waals surface area (Å²) in [7, 11) is 4.33. The first-order valence-electron chi connectivity index (χ1n) is 7.57. The molecule has 0 aliphatic carbocycles. The quantitative estimate of drug-likeness (QED) is 0.776. The lowest BCUT2D eigenvalue weighted by molar-refractivity contribution is -0.275. The first kappa shape index (κ1) is 19.4. The van der Waals surface area contributed by atoms with Crippen LogP contribution >= 0.6 is 0 Å². The molecule has 5 nitrogen and oxygen atoms in total. The minimum Gasteiger partial charge on any atom is -0.493 e. The molecule has 0 heterocycles. The largest absolute Gasteiger partial charge is 0.573 e. The summed E-state index contributed by atoms with van der Waals surface area (Å²) in [5, 5.41) is 0. The second-order valence-electron chi connectivity index (χ2n) is 5.36. The van der Waals surface area contributed by atoms with Crippen molar-refractivity contribution in [3.63, 3.8) is 0 Å². The van der Waals surface area contributed by atoms with E-state index in [0.29, 0.717) is 5.75 Å². The third kappa shape index (κ3) is 4.59. The molecule has 0 fully saturated rings. The molecule has 1 amide bonds. The van der Waals surface area contributed by atoms with Gasteiger partial charge in [0.1, 0.15) is 5.75 Å². The van der Waals surface area contributed by atoms with E-state index in [1.807, 2.05) is 0 Å². The topological polar surface area (TPSA) is 48.0 Å². The molecule has 0 N–H and O–H groups in total. The molecule has 0 bridgehead atoms. The lowest BCUT2D eigenvalue weighted by Crippen LogP contribution is -2.27. The average Bonchev–Trinajstić information content (AvgIpc) is 2.60. The molecule has 0 aromatic heterocycles. The van der Waals surface area contributed by atoms with Gasteiger partial charge in [0.25, 0.3) is 5.91 Å². The summed E-state index contributed by atoms with van der Waals surface area (Å²) in [6.07, 6.45) is -4.81. The zero-order valence-corrected chi connectivity index (χ0v) is 14.5. The van der Waals surface area contributed by atoms with E-state index in [4.69, 9.17) is 9.47 Å². The van der Waals surface area contributed by atoms with Crippen LogP contribution in [-0.2, 0) is 6.54 Å². The average molecular weight is 369 g/mol. The van der Waals surface area contributed by atoms with Crippen LogP contribution in [0.1, 0.15) is 15.9 Å². The highest BCUT2D eigenvalue weighted by molar-refractivity contribution is 5.97. The van der Waals surface area contributed by atoms with Gasteiger partial charge in [0.05, 0.1) is 19.8 Å². The van der Waals surface area contributed by atoms with Crippen LogP contribution in [-0.4, -0.2) is 38.4 Å². The Morgan fingerprint density at radius 2 is 1.65 bits per heavy atom. The van der Waals surface area contributed by atoms with E-state index in [-0.39, 0.29) is 29.2 Å². The van der Waals surface area contributed by atoms with Crippen LogP contribution in [0.2, 0.25) is 0 Å². The van der Waals surface area contributed by atoms with E-state index in [1.54, 1.807) is 24.3 Å². The normalized spacial score (nSPS) is 11.0. The molecule has 0 atom stereocenters. The maximum absolute atomic E-state index is 12.7. The van der Waals surface area contributed by atoms with Gasteiger partial charge in [-0.25, -0.2) is 0 Å². The smallest absolute Gasteiger partial charge is 0.493 e. The third-order valence-corrected chi connectivity index (χ3v) is 3.59. The number of ether oxygens (including phenoxy) is 3. The van der Waals surface area contributed by atoms with Crippen LogP contribution in [0.3, 0.4) is 0 Å². The maximum Gasteiger partial charge on any atom is 0.573 e. The number of carbonyl (C=O) groups is 1. The van der Waals surface area contributed by atoms with Gasteiger partial charge in [-0.1, -0.05) is 24.3 Å². The SMILES string of the molecule is COc1cccc(C(=O)N(C)Cc2ccccc2OC(F)(F)F)c1OC. The summed E-state index contributed by atoms with van der Waals surface area (Å²) >= 11 is 0. The molecule has 0 saturated carbocycles. The Kier molecular flexibility index (Phi) is 5.97. The zero-order chi connectivity index (χ0) is 19.3. The van der Waals surface area contributed by atoms with Crippen molar-refractivity contribution in [2.75, 3.05) is 21.3 Å². The second kappa shape index (κ2) is 7.99. The van der Waals surface area contributed by atoms with Crippen molar-refractivity contribution in [3.8, 4) is 17.2 Å². The van der Waals surface area contributed by atoms with Gasteiger partial charge in [-0.15, -0.1) is 13.2 Å². The second-order valence-corrected chi connectivity index (χ2v) is 5.36. The van der Waals surface area contributed by atoms with Crippen molar-refractivity contribution in [3.05, 3.63) is 53.6 Å². The minimum atomic E-state index is -4.81. The molecular formula is C18H18F3NO4. The summed E-state index contributed by atoms with van der Waals surface area (Å²) in [5.74, 6) is -0.140. The van der Waals surface area contributed by atoms with Crippen molar-refractivity contribution in [1.82, 2.24) is 4.90 Å². The Morgan fingerprint density at radius 1 is 1.00 bits per heavy atom. The summed E-state index contributed by atoms with van der Waals surface area (Å²) in [4.78, 5) is 14.0. The first-order chi connectivity index (χ1) is 12.3. The summed E-state index contributed by atoms with van der Waals surface area (Å²) in [6.45, 7) is -0.0779. The van der Waals surface area contributed by atoms with Gasteiger partial charge in [0.2, 0.25) is 0 Å². The van der Waals surface area contributed by atoms with Gasteiger partial charge in [0, 0.05) is 19.2 Å². The van der Waals surface area contributed by atoms with Gasteiger partial charge in [-0.2, -0.15) is 0 Å². The van der Waals surface area contributed by atoms with Crippen molar-refractivity contribution < 1.29 is 32.2 Å². The molecule has 0 spiro atoms. The van der Waals surface area contributed by atoms with Crippen LogP contribution in [0.15, 0.2) is 42.5 Å². The number of hydrogen-bond donors (Lipinski definition) is 0. The van der Waals surface area contributed by atoms with Gasteiger partial charge < -0.3 is 19.1 Å². The highest BCUT2D eigenvalue weighted by Gasteiger charge is 2.32. The van der Waals surface area contributed by atoms with Crippen molar-refractivity contribution in [2.24, 2.45) is 0 Å². The number of rotatable bonds is 6. The zero-order valence-electron chi connectivity index (χ0n) is 14.5. The molecule has 0 aliphatic heterocycles. The summed E-state index contributed by atoms with van der Waals surface area (Å²) < 4.78 is 52.0. The number of methoxy groups -OCH3 is 2. The lowest BCUT2D eigenvalue weighted by atomic mass is 10.1. The molecule has 0 aliphatic rings. The summed E-state index contributed by atoms with van der Waals surface area (Å²) in [5.41, 5.74) is 0.464. The predicted octanol–water partition coefficient (Wildman–Crippen LogP) is 3.87. The number of hydrogen-bond acceptors (Lipinski definition) is 4. The highest BCUT2D eigenvalue weighted by Crippen LogP contribution is 2.32. The van der Waals surface area contributed by atoms with Gasteiger partial charge in [0.15, 0.2) is 11.5 Å². The Bertz CT molecular complexity index is 777. The number of nitrogens with zero attached hydrogens (tertiary/aromatic N) is 1. The van der Waals surface area contributed by atoms with Crippen molar-refractivity contribution in [1.29, 1.82) is 0 Å². The van der Waals surface area contributed by atoms with Crippen LogP contribution < -0.4 is 14.2 Å². The number of alkyl halides is 3. The number of halogens is 3. The minimum absolute atomic E-state index is 0.0779. The molecular weight excluding hydrogens is 351 g/mol. The Hall–Kier alpha value is -2.90. The first-order valence-corrected chi connectivity index (χ1v) is 7.57. The molecule has 8 heteroatoms. The lowest BCUT2D eigenvalue weighted by Gasteiger charge is -2.21. The number of benzene rings is 2. The molecule has 0 saturated heterocycles. The van der Waals surface area contributed by atoms with Crippen LogP contribution in [0.4, 0.5) is 13.2 Å². The highest BCUT2D eigenvalue weighted by atomic mass is 19.4. The van der Waals surface area contributed by atoms with E-state index in [0.717, 1.165) is 0 Å². The van der Waals surface area contributed by atoms with E-state index in [1.165, 1.54) is 44.4 Å².